The number of hydrogen-bond donors (Lipinski definition) is 0. The molecule has 0 amide bonds. The van der Waals surface area contributed by atoms with Gasteiger partial charge in [-0.1, -0.05) is 12.1 Å². The number of methoxy groups -OCH3 is 1. The van der Waals surface area contributed by atoms with Crippen LogP contribution in [0.3, 0.4) is 0 Å². The van der Waals surface area contributed by atoms with Crippen LogP contribution in [-0.2, 0) is 4.79 Å². The maximum atomic E-state index is 12.1. The topological polar surface area (TPSA) is 65.7 Å². The molecule has 2 aromatic carbocycles. The second-order valence-electron chi connectivity index (χ2n) is 6.14. The van der Waals surface area contributed by atoms with Gasteiger partial charge in [0.15, 0.2) is 11.9 Å². The predicted molar refractivity (Wildman–Crippen MR) is 100.0 cm³/mol. The Bertz CT molecular complexity index is 1010. The average molecular weight is 352 g/mol. The third-order valence-electron chi connectivity index (χ3n) is 4.39. The van der Waals surface area contributed by atoms with Gasteiger partial charge in [-0.05, 0) is 56.2 Å². The Morgan fingerprint density at radius 3 is 2.42 bits per heavy atom. The van der Waals surface area contributed by atoms with Gasteiger partial charge in [0.25, 0.3) is 0 Å². The summed E-state index contributed by atoms with van der Waals surface area (Å²) in [6, 6.07) is 12.6. The Balaban J connectivity index is 2.15. The molecule has 134 valence electrons. The van der Waals surface area contributed by atoms with Gasteiger partial charge >= 0.3 is 5.63 Å². The lowest BCUT2D eigenvalue weighted by Gasteiger charge is -2.15. The van der Waals surface area contributed by atoms with Crippen LogP contribution in [0.2, 0.25) is 0 Å². The van der Waals surface area contributed by atoms with Crippen LogP contribution in [0.5, 0.6) is 11.5 Å². The van der Waals surface area contributed by atoms with E-state index in [4.69, 9.17) is 13.9 Å². The minimum Gasteiger partial charge on any atom is -0.497 e. The monoisotopic (exact) mass is 352 g/mol. The molecular formula is C21H20O5. The molecule has 0 bridgehead atoms. The Kier molecular flexibility index (Phi) is 4.80. The molecule has 0 unspecified atom stereocenters. The molecule has 5 nitrogen and oxygen atoms in total. The molecule has 0 saturated carbocycles. The molecule has 3 aromatic rings. The van der Waals surface area contributed by atoms with E-state index in [1.54, 1.807) is 20.1 Å². The minimum absolute atomic E-state index is 0.0714. The first-order valence-electron chi connectivity index (χ1n) is 8.29. The van der Waals surface area contributed by atoms with Crippen LogP contribution >= 0.6 is 0 Å². The molecule has 3 rings (SSSR count). The van der Waals surface area contributed by atoms with Gasteiger partial charge in [0, 0.05) is 17.0 Å². The molecule has 0 aliphatic heterocycles. The summed E-state index contributed by atoms with van der Waals surface area (Å²) in [7, 11) is 1.61. The smallest absolute Gasteiger partial charge is 0.336 e. The number of aryl methyl sites for hydroxylation is 1. The highest BCUT2D eigenvalue weighted by Gasteiger charge is 2.16. The SMILES string of the molecule is COc1ccc(-c2cc(=O)oc3c(C)c(O[C@@H](C)C(C)=O)ccc23)cc1. The fourth-order valence-corrected chi connectivity index (χ4v) is 2.75. The number of ketones is 1. The van der Waals surface area contributed by atoms with Crippen molar-refractivity contribution in [1.29, 1.82) is 0 Å². The number of fused-ring (bicyclic) bond motifs is 1. The van der Waals surface area contributed by atoms with Crippen LogP contribution in [0.4, 0.5) is 0 Å². The zero-order valence-electron chi connectivity index (χ0n) is 15.2. The van der Waals surface area contributed by atoms with Crippen molar-refractivity contribution in [1.82, 2.24) is 0 Å². The first-order valence-corrected chi connectivity index (χ1v) is 8.29. The zero-order valence-corrected chi connectivity index (χ0v) is 15.2. The van der Waals surface area contributed by atoms with E-state index >= 15 is 0 Å². The van der Waals surface area contributed by atoms with Gasteiger partial charge in [0.05, 0.1) is 7.11 Å². The molecular weight excluding hydrogens is 332 g/mol. The van der Waals surface area contributed by atoms with Crippen LogP contribution in [0.25, 0.3) is 22.1 Å². The van der Waals surface area contributed by atoms with Crippen LogP contribution in [-0.4, -0.2) is 19.0 Å². The lowest BCUT2D eigenvalue weighted by molar-refractivity contribution is -0.122. The van der Waals surface area contributed by atoms with E-state index in [9.17, 15) is 9.59 Å². The normalized spacial score (nSPS) is 12.0. The molecule has 0 N–H and O–H groups in total. The third-order valence-corrected chi connectivity index (χ3v) is 4.39. The maximum absolute atomic E-state index is 12.1. The Morgan fingerprint density at radius 2 is 1.81 bits per heavy atom. The Hall–Kier alpha value is -3.08. The van der Waals surface area contributed by atoms with Crippen molar-refractivity contribution in [3.8, 4) is 22.6 Å². The molecule has 5 heteroatoms. The van der Waals surface area contributed by atoms with E-state index in [1.165, 1.54) is 13.0 Å². The Labute approximate surface area is 151 Å². The van der Waals surface area contributed by atoms with Crippen molar-refractivity contribution in [2.75, 3.05) is 7.11 Å². The summed E-state index contributed by atoms with van der Waals surface area (Å²) in [4.78, 5) is 23.6. The number of carbonyl (C=O) groups is 1. The summed E-state index contributed by atoms with van der Waals surface area (Å²) < 4.78 is 16.3. The third kappa shape index (κ3) is 3.33. The summed E-state index contributed by atoms with van der Waals surface area (Å²) in [6.45, 7) is 4.98. The molecule has 0 saturated heterocycles. The van der Waals surface area contributed by atoms with Crippen molar-refractivity contribution in [2.45, 2.75) is 26.9 Å². The van der Waals surface area contributed by atoms with Crippen molar-refractivity contribution in [3.05, 3.63) is 58.4 Å². The lowest BCUT2D eigenvalue weighted by atomic mass is 10.00. The minimum atomic E-state index is -0.567. The highest BCUT2D eigenvalue weighted by molar-refractivity contribution is 5.95. The first kappa shape index (κ1) is 17.7. The van der Waals surface area contributed by atoms with Crippen molar-refractivity contribution >= 4 is 16.8 Å². The van der Waals surface area contributed by atoms with Crippen molar-refractivity contribution in [3.63, 3.8) is 0 Å². The molecule has 1 atom stereocenters. The van der Waals surface area contributed by atoms with Gasteiger partial charge in [0.2, 0.25) is 0 Å². The van der Waals surface area contributed by atoms with E-state index in [-0.39, 0.29) is 5.78 Å². The molecule has 0 spiro atoms. The molecule has 0 aliphatic carbocycles. The number of Topliss-reactive ketones (excluding diaryl/α,β-unsaturated/α-hetero) is 1. The molecule has 1 heterocycles. The number of carbonyl (C=O) groups excluding carboxylic acids is 1. The predicted octanol–water partition coefficient (Wildman–Crippen LogP) is 4.13. The quantitative estimate of drug-likeness (QED) is 0.646. The number of rotatable bonds is 5. The number of benzene rings is 2. The van der Waals surface area contributed by atoms with Gasteiger partial charge < -0.3 is 13.9 Å². The molecule has 26 heavy (non-hydrogen) atoms. The molecule has 1 aromatic heterocycles. The van der Waals surface area contributed by atoms with Gasteiger partial charge in [-0.25, -0.2) is 4.79 Å². The van der Waals surface area contributed by atoms with Gasteiger partial charge in [0.1, 0.15) is 17.1 Å². The Morgan fingerprint density at radius 1 is 1.12 bits per heavy atom. The van der Waals surface area contributed by atoms with Crippen LogP contribution < -0.4 is 15.1 Å². The first-order chi connectivity index (χ1) is 12.4. The number of hydrogen-bond acceptors (Lipinski definition) is 5. The highest BCUT2D eigenvalue weighted by Crippen LogP contribution is 2.34. The summed E-state index contributed by atoms with van der Waals surface area (Å²) in [5, 5.41) is 0.801. The number of ether oxygens (including phenoxy) is 2. The van der Waals surface area contributed by atoms with Gasteiger partial charge in [-0.15, -0.1) is 0 Å². The highest BCUT2D eigenvalue weighted by atomic mass is 16.5. The van der Waals surface area contributed by atoms with Gasteiger partial charge in [-0.2, -0.15) is 0 Å². The fraction of sp³-hybridized carbons (Fsp3) is 0.238. The van der Waals surface area contributed by atoms with E-state index in [0.29, 0.717) is 16.9 Å². The summed E-state index contributed by atoms with van der Waals surface area (Å²) >= 11 is 0. The van der Waals surface area contributed by atoms with E-state index in [0.717, 1.165) is 22.3 Å². The van der Waals surface area contributed by atoms with Crippen LogP contribution in [0, 0.1) is 6.92 Å². The average Bonchev–Trinajstić information content (AvgIpc) is 2.63. The summed E-state index contributed by atoms with van der Waals surface area (Å²) in [6.07, 6.45) is -0.567. The van der Waals surface area contributed by atoms with E-state index in [2.05, 4.69) is 0 Å². The van der Waals surface area contributed by atoms with E-state index in [1.807, 2.05) is 37.3 Å². The summed E-state index contributed by atoms with van der Waals surface area (Å²) in [5.74, 6) is 1.19. The molecule has 0 fully saturated rings. The van der Waals surface area contributed by atoms with Crippen LogP contribution in [0.15, 0.2) is 51.7 Å². The maximum Gasteiger partial charge on any atom is 0.336 e. The largest absolute Gasteiger partial charge is 0.497 e. The second-order valence-corrected chi connectivity index (χ2v) is 6.14. The van der Waals surface area contributed by atoms with Crippen molar-refractivity contribution < 1.29 is 18.7 Å². The second kappa shape index (κ2) is 7.04. The molecule has 0 aliphatic rings. The van der Waals surface area contributed by atoms with E-state index < -0.39 is 11.7 Å². The summed E-state index contributed by atoms with van der Waals surface area (Å²) in [5.41, 5.74) is 2.35. The van der Waals surface area contributed by atoms with Crippen LogP contribution in [0.1, 0.15) is 19.4 Å². The lowest BCUT2D eigenvalue weighted by Crippen LogP contribution is -2.21. The van der Waals surface area contributed by atoms with Crippen molar-refractivity contribution in [2.24, 2.45) is 0 Å². The zero-order chi connectivity index (χ0) is 18.8. The molecule has 0 radical (unpaired) electrons. The standard InChI is InChI=1S/C21H20O5/c1-12-19(25-14(3)13(2)22)10-9-17-18(11-20(23)26-21(12)17)15-5-7-16(24-4)8-6-15/h5-11,14H,1-4H3/t14-/m0/s1. The van der Waals surface area contributed by atoms with Gasteiger partial charge in [-0.3, -0.25) is 4.79 Å². The fourth-order valence-electron chi connectivity index (χ4n) is 2.75.